The molecule has 0 saturated heterocycles. The molecule has 2 aromatic heterocycles. The summed E-state index contributed by atoms with van der Waals surface area (Å²) in [6.45, 7) is 3.94. The van der Waals surface area contributed by atoms with E-state index in [2.05, 4.69) is 17.2 Å². The van der Waals surface area contributed by atoms with Crippen molar-refractivity contribution in [1.29, 1.82) is 0 Å². The van der Waals surface area contributed by atoms with Gasteiger partial charge in [-0.1, -0.05) is 26.7 Å². The van der Waals surface area contributed by atoms with Crippen molar-refractivity contribution in [2.45, 2.75) is 58.2 Å². The maximum Gasteiger partial charge on any atom is 0.417 e. The highest BCUT2D eigenvalue weighted by atomic mass is 19.4. The Morgan fingerprint density at radius 2 is 2.04 bits per heavy atom. The zero-order chi connectivity index (χ0) is 18.2. The number of nitrogens with one attached hydrogen (secondary N) is 1. The van der Waals surface area contributed by atoms with Gasteiger partial charge in [-0.2, -0.15) is 13.2 Å². The molecular formula is C18H22F3N3O. The van der Waals surface area contributed by atoms with Gasteiger partial charge in [0.15, 0.2) is 0 Å². The lowest BCUT2D eigenvalue weighted by molar-refractivity contribution is -0.137. The van der Waals surface area contributed by atoms with Crippen molar-refractivity contribution in [3.05, 3.63) is 35.3 Å². The molecule has 1 N–H and O–H groups in total. The van der Waals surface area contributed by atoms with Crippen LogP contribution >= 0.6 is 0 Å². The van der Waals surface area contributed by atoms with Gasteiger partial charge in [-0.25, -0.2) is 4.98 Å². The summed E-state index contributed by atoms with van der Waals surface area (Å²) in [5.74, 6) is 0.0233. The van der Waals surface area contributed by atoms with Crippen LogP contribution in [0, 0.1) is 5.92 Å². The minimum Gasteiger partial charge on any atom is -0.348 e. The molecule has 136 valence electrons. The molecule has 1 aliphatic rings. The molecule has 0 aliphatic heterocycles. The Morgan fingerprint density at radius 1 is 1.32 bits per heavy atom. The average molecular weight is 353 g/mol. The minimum atomic E-state index is -4.46. The second kappa shape index (κ2) is 6.69. The first-order valence-corrected chi connectivity index (χ1v) is 8.70. The predicted molar refractivity (Wildman–Crippen MR) is 88.5 cm³/mol. The largest absolute Gasteiger partial charge is 0.417 e. The van der Waals surface area contributed by atoms with Gasteiger partial charge in [-0.3, -0.25) is 9.20 Å². The number of carbonyl (C=O) groups excluding carboxylic acids is 1. The summed E-state index contributed by atoms with van der Waals surface area (Å²) in [5.41, 5.74) is 0.286. The lowest BCUT2D eigenvalue weighted by Gasteiger charge is -2.29. The van der Waals surface area contributed by atoms with Crippen LogP contribution in [0.15, 0.2) is 18.3 Å². The molecule has 1 amide bonds. The van der Waals surface area contributed by atoms with E-state index >= 15 is 0 Å². The van der Waals surface area contributed by atoms with Crippen LogP contribution in [0.4, 0.5) is 13.2 Å². The normalized spacial score (nSPS) is 21.5. The molecule has 0 radical (unpaired) electrons. The molecule has 1 saturated carbocycles. The molecule has 0 bridgehead atoms. The fraction of sp³-hybridized carbons (Fsp3) is 0.556. The van der Waals surface area contributed by atoms with E-state index in [4.69, 9.17) is 0 Å². The number of pyridine rings is 1. The lowest BCUT2D eigenvalue weighted by Crippen LogP contribution is -2.41. The molecule has 2 aromatic rings. The number of nitrogens with zero attached hydrogens (tertiary/aromatic N) is 2. The van der Waals surface area contributed by atoms with Crippen LogP contribution in [0.5, 0.6) is 0 Å². The van der Waals surface area contributed by atoms with E-state index in [9.17, 15) is 18.0 Å². The Kier molecular flexibility index (Phi) is 4.75. The number of fused-ring (bicyclic) bond motifs is 1. The number of aromatic nitrogens is 2. The highest BCUT2D eigenvalue weighted by molar-refractivity contribution is 5.95. The van der Waals surface area contributed by atoms with E-state index in [1.807, 2.05) is 6.92 Å². The second-order valence-electron chi connectivity index (χ2n) is 6.75. The molecule has 2 atom stereocenters. The van der Waals surface area contributed by atoms with Gasteiger partial charge < -0.3 is 5.32 Å². The van der Waals surface area contributed by atoms with Crippen LogP contribution in [0.3, 0.4) is 0 Å². The van der Waals surface area contributed by atoms with Crippen molar-refractivity contribution in [3.63, 3.8) is 0 Å². The van der Waals surface area contributed by atoms with Crippen LogP contribution in [0.1, 0.15) is 61.3 Å². The monoisotopic (exact) mass is 353 g/mol. The highest BCUT2D eigenvalue weighted by Gasteiger charge is 2.32. The summed E-state index contributed by atoms with van der Waals surface area (Å²) in [5, 5.41) is 3.02. The summed E-state index contributed by atoms with van der Waals surface area (Å²) in [6.07, 6.45) is 1.14. The van der Waals surface area contributed by atoms with Gasteiger partial charge in [0.2, 0.25) is 0 Å². The fourth-order valence-electron chi connectivity index (χ4n) is 3.52. The smallest absolute Gasteiger partial charge is 0.348 e. The molecule has 0 aromatic carbocycles. The van der Waals surface area contributed by atoms with E-state index < -0.39 is 11.7 Å². The zero-order valence-corrected chi connectivity index (χ0v) is 14.4. The van der Waals surface area contributed by atoms with Crippen molar-refractivity contribution in [2.24, 2.45) is 5.92 Å². The van der Waals surface area contributed by atoms with E-state index in [1.54, 1.807) is 0 Å². The SMILES string of the molecule is CCc1nc2ccc(C(F)(F)F)cn2c1C(=O)NC1CCCCC1C. The molecule has 7 heteroatoms. The van der Waals surface area contributed by atoms with Gasteiger partial charge in [-0.15, -0.1) is 0 Å². The number of rotatable bonds is 3. The Morgan fingerprint density at radius 3 is 2.68 bits per heavy atom. The molecule has 2 heterocycles. The zero-order valence-electron chi connectivity index (χ0n) is 14.4. The Balaban J connectivity index is 1.99. The predicted octanol–water partition coefficient (Wildman–Crippen LogP) is 4.22. The summed E-state index contributed by atoms with van der Waals surface area (Å²) >= 11 is 0. The van der Waals surface area contributed by atoms with Crippen LogP contribution in [0.2, 0.25) is 0 Å². The molecule has 0 spiro atoms. The minimum absolute atomic E-state index is 0.0577. The van der Waals surface area contributed by atoms with Gasteiger partial charge in [0.25, 0.3) is 5.91 Å². The quantitative estimate of drug-likeness (QED) is 0.898. The Bertz CT molecular complexity index is 782. The van der Waals surface area contributed by atoms with Gasteiger partial charge >= 0.3 is 6.18 Å². The molecule has 1 fully saturated rings. The van der Waals surface area contributed by atoms with Crippen molar-refractivity contribution >= 4 is 11.6 Å². The first kappa shape index (κ1) is 17.8. The molecule has 3 rings (SSSR count). The number of hydrogen-bond donors (Lipinski definition) is 1. The molecular weight excluding hydrogens is 331 g/mol. The van der Waals surface area contributed by atoms with Crippen LogP contribution in [-0.4, -0.2) is 21.3 Å². The molecule has 2 unspecified atom stereocenters. The van der Waals surface area contributed by atoms with Gasteiger partial charge in [-0.05, 0) is 37.3 Å². The number of carbonyl (C=O) groups is 1. The number of amides is 1. The summed E-state index contributed by atoms with van der Waals surface area (Å²) < 4.78 is 40.3. The molecule has 25 heavy (non-hydrogen) atoms. The van der Waals surface area contributed by atoms with Crippen LogP contribution < -0.4 is 5.32 Å². The Hall–Kier alpha value is -2.05. The van der Waals surface area contributed by atoms with E-state index in [0.29, 0.717) is 23.7 Å². The van der Waals surface area contributed by atoms with Crippen LogP contribution in [-0.2, 0) is 12.6 Å². The molecule has 1 aliphatic carbocycles. The van der Waals surface area contributed by atoms with E-state index in [-0.39, 0.29) is 17.6 Å². The van der Waals surface area contributed by atoms with Gasteiger partial charge in [0.1, 0.15) is 11.3 Å². The van der Waals surface area contributed by atoms with Crippen molar-refractivity contribution in [1.82, 2.24) is 14.7 Å². The third kappa shape index (κ3) is 3.50. The number of aryl methyl sites for hydroxylation is 1. The van der Waals surface area contributed by atoms with Crippen LogP contribution in [0.25, 0.3) is 5.65 Å². The maximum atomic E-state index is 13.0. The van der Waals surface area contributed by atoms with E-state index in [0.717, 1.165) is 37.9 Å². The first-order valence-electron chi connectivity index (χ1n) is 8.70. The summed E-state index contributed by atoms with van der Waals surface area (Å²) in [6, 6.07) is 2.36. The summed E-state index contributed by atoms with van der Waals surface area (Å²) in [7, 11) is 0. The van der Waals surface area contributed by atoms with Crippen molar-refractivity contribution < 1.29 is 18.0 Å². The third-order valence-electron chi connectivity index (χ3n) is 5.00. The van der Waals surface area contributed by atoms with E-state index in [1.165, 1.54) is 10.5 Å². The summed E-state index contributed by atoms with van der Waals surface area (Å²) in [4.78, 5) is 17.1. The standard InChI is InChI=1S/C18H22F3N3O/c1-3-13-16(17(25)23-14-7-5-4-6-11(14)2)24-10-12(18(19,20)21)8-9-15(24)22-13/h8-11,14H,3-7H2,1-2H3,(H,23,25). The third-order valence-corrected chi connectivity index (χ3v) is 5.00. The number of hydrogen-bond acceptors (Lipinski definition) is 2. The van der Waals surface area contributed by atoms with Gasteiger partial charge in [0, 0.05) is 12.2 Å². The maximum absolute atomic E-state index is 13.0. The average Bonchev–Trinajstić information content (AvgIpc) is 2.94. The van der Waals surface area contributed by atoms with Crippen molar-refractivity contribution in [2.75, 3.05) is 0 Å². The van der Waals surface area contributed by atoms with Gasteiger partial charge in [0.05, 0.1) is 11.3 Å². The second-order valence-corrected chi connectivity index (χ2v) is 6.75. The Labute approximate surface area is 144 Å². The number of alkyl halides is 3. The number of imidazole rings is 1. The van der Waals surface area contributed by atoms with Crippen molar-refractivity contribution in [3.8, 4) is 0 Å². The topological polar surface area (TPSA) is 46.4 Å². The molecule has 4 nitrogen and oxygen atoms in total. The lowest BCUT2D eigenvalue weighted by atomic mass is 9.86. The first-order chi connectivity index (χ1) is 11.8. The number of halogens is 3. The highest BCUT2D eigenvalue weighted by Crippen LogP contribution is 2.30. The fourth-order valence-corrected chi connectivity index (χ4v) is 3.52.